The van der Waals surface area contributed by atoms with E-state index in [0.717, 1.165) is 17.6 Å². The lowest BCUT2D eigenvalue weighted by molar-refractivity contribution is 0.0538. The summed E-state index contributed by atoms with van der Waals surface area (Å²) in [5, 5.41) is 0. The van der Waals surface area contributed by atoms with Crippen molar-refractivity contribution in [2.24, 2.45) is 5.92 Å². The molecule has 3 rings (SSSR count). The van der Waals surface area contributed by atoms with Gasteiger partial charge in [0.05, 0.1) is 12.2 Å². The van der Waals surface area contributed by atoms with Crippen molar-refractivity contribution < 1.29 is 4.74 Å². The summed E-state index contributed by atoms with van der Waals surface area (Å²) in [6, 6.07) is 0. The Morgan fingerprint density at radius 1 is 1.43 bits per heavy atom. The Kier molecular flexibility index (Phi) is 1.49. The third-order valence-corrected chi connectivity index (χ3v) is 3.24. The van der Waals surface area contributed by atoms with Gasteiger partial charge in [-0.15, -0.1) is 5.73 Å². The molecule has 2 bridgehead atoms. The maximum absolute atomic E-state index is 5.90. The van der Waals surface area contributed by atoms with Crippen molar-refractivity contribution in [2.75, 3.05) is 0 Å². The monoisotopic (exact) mass is 184 g/mol. The Balaban J connectivity index is 2.12. The van der Waals surface area contributed by atoms with E-state index in [-0.39, 0.29) is 12.2 Å². The van der Waals surface area contributed by atoms with Crippen LogP contribution in [0.4, 0.5) is 0 Å². The van der Waals surface area contributed by atoms with Crippen LogP contribution in [0, 0.1) is 5.92 Å². The van der Waals surface area contributed by atoms with Gasteiger partial charge in [-0.2, -0.15) is 0 Å². The molecule has 0 N–H and O–H groups in total. The highest BCUT2D eigenvalue weighted by molar-refractivity contribution is 5.44. The van der Waals surface area contributed by atoms with Crippen LogP contribution in [0.5, 0.6) is 0 Å². The molecular formula is C13H12O. The second-order valence-electron chi connectivity index (χ2n) is 4.06. The summed E-state index contributed by atoms with van der Waals surface area (Å²) >= 11 is 0. The van der Waals surface area contributed by atoms with Crippen LogP contribution < -0.4 is 0 Å². The second kappa shape index (κ2) is 2.60. The molecule has 2 aliphatic heterocycles. The summed E-state index contributed by atoms with van der Waals surface area (Å²) in [5.41, 5.74) is 6.77. The van der Waals surface area contributed by atoms with E-state index in [1.807, 2.05) is 12.2 Å². The van der Waals surface area contributed by atoms with Gasteiger partial charge in [-0.1, -0.05) is 25.3 Å². The van der Waals surface area contributed by atoms with Crippen LogP contribution in [0.3, 0.4) is 0 Å². The van der Waals surface area contributed by atoms with Crippen molar-refractivity contribution >= 4 is 0 Å². The average Bonchev–Trinajstić information content (AvgIpc) is 2.52. The molecular weight excluding hydrogens is 172 g/mol. The van der Waals surface area contributed by atoms with Crippen LogP contribution >= 0.6 is 0 Å². The number of rotatable bonds is 0. The van der Waals surface area contributed by atoms with E-state index in [2.05, 4.69) is 25.0 Å². The molecule has 14 heavy (non-hydrogen) atoms. The van der Waals surface area contributed by atoms with Gasteiger partial charge in [-0.25, -0.2) is 0 Å². The van der Waals surface area contributed by atoms with Gasteiger partial charge in [-0.3, -0.25) is 0 Å². The molecule has 0 aromatic heterocycles. The predicted molar refractivity (Wildman–Crippen MR) is 55.8 cm³/mol. The van der Waals surface area contributed by atoms with E-state index in [4.69, 9.17) is 4.74 Å². The van der Waals surface area contributed by atoms with Crippen LogP contribution in [0.2, 0.25) is 0 Å². The fraction of sp³-hybridized carbons (Fsp3) is 0.308. The largest absolute Gasteiger partial charge is 0.364 e. The van der Waals surface area contributed by atoms with Gasteiger partial charge in [0.2, 0.25) is 0 Å². The number of ether oxygens (including phenoxy) is 1. The van der Waals surface area contributed by atoms with E-state index in [1.54, 1.807) is 0 Å². The van der Waals surface area contributed by atoms with Gasteiger partial charge in [0.25, 0.3) is 0 Å². The molecule has 70 valence electrons. The lowest BCUT2D eigenvalue weighted by Crippen LogP contribution is -2.23. The van der Waals surface area contributed by atoms with Gasteiger partial charge >= 0.3 is 0 Å². The first-order valence-electron chi connectivity index (χ1n) is 4.93. The summed E-state index contributed by atoms with van der Waals surface area (Å²) in [7, 11) is 0. The van der Waals surface area contributed by atoms with Crippen molar-refractivity contribution in [3.63, 3.8) is 0 Å². The maximum atomic E-state index is 5.90. The SMILES string of the molecule is C=C1CC2OC(C1=C)C1C=CC=C=C21. The van der Waals surface area contributed by atoms with Crippen molar-refractivity contribution in [1.29, 1.82) is 0 Å². The van der Waals surface area contributed by atoms with E-state index in [0.29, 0.717) is 5.92 Å². The molecule has 2 heterocycles. The van der Waals surface area contributed by atoms with E-state index < -0.39 is 0 Å². The summed E-state index contributed by atoms with van der Waals surface area (Å²) in [4.78, 5) is 0. The van der Waals surface area contributed by atoms with Crippen molar-refractivity contribution in [1.82, 2.24) is 0 Å². The van der Waals surface area contributed by atoms with Gasteiger partial charge in [0, 0.05) is 17.9 Å². The van der Waals surface area contributed by atoms with Crippen LogP contribution in [-0.2, 0) is 4.74 Å². The summed E-state index contributed by atoms with van der Waals surface area (Å²) in [5.74, 6) is 0.358. The molecule has 2 saturated heterocycles. The Bertz CT molecular complexity index is 419. The number of hydrogen-bond acceptors (Lipinski definition) is 1. The molecule has 3 unspecified atom stereocenters. The van der Waals surface area contributed by atoms with Gasteiger partial charge in [-0.05, 0) is 17.2 Å². The van der Waals surface area contributed by atoms with E-state index in [1.165, 1.54) is 5.57 Å². The number of fused-ring (bicyclic) bond motifs is 5. The normalized spacial score (nSPS) is 38.6. The second-order valence-corrected chi connectivity index (χ2v) is 4.06. The fourth-order valence-corrected chi connectivity index (χ4v) is 2.44. The van der Waals surface area contributed by atoms with Crippen LogP contribution in [-0.4, -0.2) is 12.2 Å². The Morgan fingerprint density at radius 3 is 3.14 bits per heavy atom. The Hall–Kier alpha value is -1.30. The van der Waals surface area contributed by atoms with Gasteiger partial charge in [0.15, 0.2) is 0 Å². The fourth-order valence-electron chi connectivity index (χ4n) is 2.44. The number of hydrogen-bond donors (Lipinski definition) is 0. The van der Waals surface area contributed by atoms with Gasteiger partial charge in [0.1, 0.15) is 0 Å². The molecule has 2 fully saturated rings. The highest BCUT2D eigenvalue weighted by Gasteiger charge is 2.44. The Morgan fingerprint density at radius 2 is 2.29 bits per heavy atom. The molecule has 0 aromatic carbocycles. The standard InChI is InChI=1S/C13H12O/c1-8-7-12-10-5-3-4-6-11(10)13(14-12)9(8)2/h3-4,6,11-13H,1-2,7H2. The van der Waals surface area contributed by atoms with Crippen LogP contribution in [0.1, 0.15) is 6.42 Å². The predicted octanol–water partition coefficient (Wildman–Crippen LogP) is 2.54. The van der Waals surface area contributed by atoms with E-state index >= 15 is 0 Å². The highest BCUT2D eigenvalue weighted by Crippen LogP contribution is 2.45. The molecule has 0 spiro atoms. The van der Waals surface area contributed by atoms with Crippen LogP contribution in [0.25, 0.3) is 0 Å². The van der Waals surface area contributed by atoms with E-state index in [9.17, 15) is 0 Å². The van der Waals surface area contributed by atoms with Gasteiger partial charge < -0.3 is 4.74 Å². The number of allylic oxidation sites excluding steroid dienone is 1. The van der Waals surface area contributed by atoms with Crippen molar-refractivity contribution in [3.8, 4) is 0 Å². The highest BCUT2D eigenvalue weighted by atomic mass is 16.5. The molecule has 0 radical (unpaired) electrons. The smallest absolute Gasteiger partial charge is 0.0937 e. The summed E-state index contributed by atoms with van der Waals surface area (Å²) in [6.07, 6.45) is 7.38. The maximum Gasteiger partial charge on any atom is 0.0937 e. The zero-order chi connectivity index (χ0) is 9.71. The quantitative estimate of drug-likeness (QED) is 0.526. The third kappa shape index (κ3) is 0.886. The lowest BCUT2D eigenvalue weighted by Gasteiger charge is -2.24. The molecule has 0 aromatic rings. The zero-order valence-electron chi connectivity index (χ0n) is 7.99. The molecule has 3 atom stereocenters. The first kappa shape index (κ1) is 8.05. The van der Waals surface area contributed by atoms with Crippen molar-refractivity contribution in [2.45, 2.75) is 18.6 Å². The molecule has 0 saturated carbocycles. The molecule has 1 aliphatic carbocycles. The molecule has 1 nitrogen and oxygen atoms in total. The topological polar surface area (TPSA) is 9.23 Å². The zero-order valence-corrected chi connectivity index (χ0v) is 7.99. The molecule has 0 amide bonds. The Labute approximate surface area is 83.8 Å². The first-order chi connectivity index (χ1) is 6.77. The van der Waals surface area contributed by atoms with Crippen molar-refractivity contribution in [3.05, 3.63) is 53.8 Å². The lowest BCUT2D eigenvalue weighted by atomic mass is 9.90. The molecule has 1 heteroatoms. The molecule has 3 aliphatic rings. The minimum Gasteiger partial charge on any atom is -0.364 e. The summed E-state index contributed by atoms with van der Waals surface area (Å²) in [6.45, 7) is 8.09. The minimum absolute atomic E-state index is 0.119. The minimum atomic E-state index is 0.119. The van der Waals surface area contributed by atoms with Crippen LogP contribution in [0.15, 0.2) is 53.8 Å². The third-order valence-electron chi connectivity index (χ3n) is 3.24. The first-order valence-corrected chi connectivity index (χ1v) is 4.93. The summed E-state index contributed by atoms with van der Waals surface area (Å²) < 4.78 is 5.90. The average molecular weight is 184 g/mol.